The Morgan fingerprint density at radius 2 is 2.33 bits per heavy atom. The Kier molecular flexibility index (Phi) is 5.44. The predicted molar refractivity (Wildman–Crippen MR) is 73.5 cm³/mol. The molecule has 100 valence electrons. The Hall–Kier alpha value is -0.780. The lowest BCUT2D eigenvalue weighted by Crippen LogP contribution is -2.41. The first-order valence-corrected chi connectivity index (χ1v) is 6.54. The standard InChI is InChI=1S/C12H15FN2OS.ClH/c1-7(14)12(16)15-10-4-5-17-11-3-2-8(13)6-9(10)11;/h2-3,6-7,10H,4-5,14H2,1H3,(H,15,16);1H. The number of thioether (sulfide) groups is 1. The average molecular weight is 291 g/mol. The van der Waals surface area contributed by atoms with Gasteiger partial charge >= 0.3 is 0 Å². The molecule has 0 saturated heterocycles. The molecular formula is C12H16ClFN2OS. The second kappa shape index (κ2) is 6.41. The molecule has 1 aromatic rings. The Bertz CT molecular complexity index is 442. The maximum atomic E-state index is 13.2. The van der Waals surface area contributed by atoms with Crippen molar-refractivity contribution in [3.05, 3.63) is 29.6 Å². The molecule has 2 atom stereocenters. The van der Waals surface area contributed by atoms with Crippen molar-refractivity contribution < 1.29 is 9.18 Å². The number of hydrogen-bond acceptors (Lipinski definition) is 3. The van der Waals surface area contributed by atoms with Gasteiger partial charge in [0.1, 0.15) is 5.82 Å². The van der Waals surface area contributed by atoms with Gasteiger partial charge in [0.2, 0.25) is 5.91 Å². The third-order valence-electron chi connectivity index (χ3n) is 2.74. The van der Waals surface area contributed by atoms with Gasteiger partial charge in [-0.1, -0.05) is 0 Å². The molecule has 1 aliphatic heterocycles. The van der Waals surface area contributed by atoms with E-state index < -0.39 is 6.04 Å². The van der Waals surface area contributed by atoms with E-state index in [1.807, 2.05) is 0 Å². The van der Waals surface area contributed by atoms with Crippen LogP contribution in [0.2, 0.25) is 0 Å². The monoisotopic (exact) mass is 290 g/mol. The molecule has 0 fully saturated rings. The highest BCUT2D eigenvalue weighted by molar-refractivity contribution is 7.99. The highest BCUT2D eigenvalue weighted by Crippen LogP contribution is 2.36. The van der Waals surface area contributed by atoms with Gasteiger partial charge in [0.05, 0.1) is 12.1 Å². The fraction of sp³-hybridized carbons (Fsp3) is 0.417. The number of halogens is 2. The van der Waals surface area contributed by atoms with Gasteiger partial charge in [-0.3, -0.25) is 4.79 Å². The molecule has 0 radical (unpaired) electrons. The van der Waals surface area contributed by atoms with E-state index >= 15 is 0 Å². The van der Waals surface area contributed by atoms with Gasteiger partial charge in [-0.05, 0) is 37.1 Å². The molecule has 0 spiro atoms. The van der Waals surface area contributed by atoms with Gasteiger partial charge < -0.3 is 11.1 Å². The summed E-state index contributed by atoms with van der Waals surface area (Å²) in [6.07, 6.45) is 0.805. The maximum Gasteiger partial charge on any atom is 0.237 e. The van der Waals surface area contributed by atoms with Crippen molar-refractivity contribution in [2.24, 2.45) is 5.73 Å². The molecule has 1 amide bonds. The molecule has 1 heterocycles. The van der Waals surface area contributed by atoms with Crippen LogP contribution in [0.25, 0.3) is 0 Å². The molecule has 1 aliphatic rings. The van der Waals surface area contributed by atoms with Crippen LogP contribution in [0.15, 0.2) is 23.1 Å². The smallest absolute Gasteiger partial charge is 0.237 e. The van der Waals surface area contributed by atoms with Crippen molar-refractivity contribution in [1.82, 2.24) is 5.32 Å². The number of benzene rings is 1. The molecule has 0 aromatic heterocycles. The predicted octanol–water partition coefficient (Wildman–Crippen LogP) is 2.25. The number of amides is 1. The van der Waals surface area contributed by atoms with Crippen molar-refractivity contribution >= 4 is 30.1 Å². The Labute approximate surface area is 116 Å². The first-order valence-electron chi connectivity index (χ1n) is 5.56. The first-order chi connectivity index (χ1) is 8.08. The number of nitrogens with two attached hydrogens (primary N) is 1. The third kappa shape index (κ3) is 3.37. The Morgan fingerprint density at radius 3 is 3.00 bits per heavy atom. The van der Waals surface area contributed by atoms with Crippen LogP contribution in [-0.2, 0) is 4.79 Å². The Balaban J connectivity index is 0.00000162. The molecule has 2 unspecified atom stereocenters. The van der Waals surface area contributed by atoms with Crippen molar-refractivity contribution in [1.29, 1.82) is 0 Å². The number of hydrogen-bond donors (Lipinski definition) is 2. The van der Waals surface area contributed by atoms with Crippen LogP contribution >= 0.6 is 24.2 Å². The van der Waals surface area contributed by atoms with Gasteiger partial charge in [0.15, 0.2) is 0 Å². The number of carbonyl (C=O) groups excluding carboxylic acids is 1. The van der Waals surface area contributed by atoms with Crippen molar-refractivity contribution in [2.75, 3.05) is 5.75 Å². The van der Waals surface area contributed by atoms with E-state index in [0.29, 0.717) is 0 Å². The van der Waals surface area contributed by atoms with Crippen LogP contribution in [0.3, 0.4) is 0 Å². The highest BCUT2D eigenvalue weighted by Gasteiger charge is 2.23. The second-order valence-corrected chi connectivity index (χ2v) is 5.31. The fourth-order valence-electron chi connectivity index (χ4n) is 1.82. The van der Waals surface area contributed by atoms with Crippen molar-refractivity contribution in [3.8, 4) is 0 Å². The minimum atomic E-state index is -0.540. The van der Waals surface area contributed by atoms with E-state index in [2.05, 4.69) is 5.32 Å². The lowest BCUT2D eigenvalue weighted by atomic mass is 10.0. The van der Waals surface area contributed by atoms with Crippen LogP contribution in [0.4, 0.5) is 4.39 Å². The molecule has 3 N–H and O–H groups in total. The summed E-state index contributed by atoms with van der Waals surface area (Å²) in [4.78, 5) is 12.6. The van der Waals surface area contributed by atoms with Crippen LogP contribution in [0, 0.1) is 5.82 Å². The topological polar surface area (TPSA) is 55.1 Å². The summed E-state index contributed by atoms with van der Waals surface area (Å²) in [5.74, 6) is 0.450. The fourth-order valence-corrected chi connectivity index (χ4v) is 2.92. The summed E-state index contributed by atoms with van der Waals surface area (Å²) in [7, 11) is 0. The molecular weight excluding hydrogens is 275 g/mol. The summed E-state index contributed by atoms with van der Waals surface area (Å²) >= 11 is 1.69. The van der Waals surface area contributed by atoms with Crippen molar-refractivity contribution in [3.63, 3.8) is 0 Å². The normalized spacial score (nSPS) is 19.4. The summed E-state index contributed by atoms with van der Waals surface area (Å²) in [6, 6.07) is 4.04. The van der Waals surface area contributed by atoms with Crippen LogP contribution in [-0.4, -0.2) is 17.7 Å². The summed E-state index contributed by atoms with van der Waals surface area (Å²) < 4.78 is 13.2. The van der Waals surface area contributed by atoms with Crippen LogP contribution < -0.4 is 11.1 Å². The van der Waals surface area contributed by atoms with Gasteiger partial charge in [0.25, 0.3) is 0 Å². The molecule has 1 aromatic carbocycles. The zero-order valence-corrected chi connectivity index (χ0v) is 11.6. The number of nitrogens with one attached hydrogen (secondary N) is 1. The van der Waals surface area contributed by atoms with Gasteiger partial charge in [-0.15, -0.1) is 24.2 Å². The SMILES string of the molecule is CC(N)C(=O)NC1CCSc2ccc(F)cc21.Cl. The Morgan fingerprint density at radius 1 is 1.61 bits per heavy atom. The summed E-state index contributed by atoms with van der Waals surface area (Å²) in [6.45, 7) is 1.64. The quantitative estimate of drug-likeness (QED) is 0.878. The number of rotatable bonds is 2. The van der Waals surface area contributed by atoms with E-state index in [4.69, 9.17) is 5.73 Å². The van der Waals surface area contributed by atoms with Crippen molar-refractivity contribution in [2.45, 2.75) is 30.3 Å². The van der Waals surface area contributed by atoms with Crippen LogP contribution in [0.5, 0.6) is 0 Å². The molecule has 2 rings (SSSR count). The minimum absolute atomic E-state index is 0. The molecule has 6 heteroatoms. The molecule has 0 saturated carbocycles. The molecule has 3 nitrogen and oxygen atoms in total. The number of fused-ring (bicyclic) bond motifs is 1. The largest absolute Gasteiger partial charge is 0.348 e. The van der Waals surface area contributed by atoms with Crippen LogP contribution in [0.1, 0.15) is 24.9 Å². The van der Waals surface area contributed by atoms with E-state index in [1.54, 1.807) is 24.8 Å². The first kappa shape index (κ1) is 15.3. The summed E-state index contributed by atoms with van der Waals surface area (Å²) in [5.41, 5.74) is 6.37. The van der Waals surface area contributed by atoms with Gasteiger partial charge in [0, 0.05) is 10.6 Å². The average Bonchev–Trinajstić information content (AvgIpc) is 2.29. The van der Waals surface area contributed by atoms with E-state index in [0.717, 1.165) is 22.6 Å². The lowest BCUT2D eigenvalue weighted by Gasteiger charge is -2.26. The second-order valence-electron chi connectivity index (χ2n) is 4.17. The lowest BCUT2D eigenvalue weighted by molar-refractivity contribution is -0.122. The zero-order chi connectivity index (χ0) is 12.4. The molecule has 0 aliphatic carbocycles. The molecule has 0 bridgehead atoms. The highest BCUT2D eigenvalue weighted by atomic mass is 35.5. The third-order valence-corrected chi connectivity index (χ3v) is 3.86. The van der Waals surface area contributed by atoms with Gasteiger partial charge in [-0.2, -0.15) is 0 Å². The molecule has 18 heavy (non-hydrogen) atoms. The maximum absolute atomic E-state index is 13.2. The van der Waals surface area contributed by atoms with E-state index in [1.165, 1.54) is 12.1 Å². The summed E-state index contributed by atoms with van der Waals surface area (Å²) in [5, 5.41) is 2.86. The zero-order valence-electron chi connectivity index (χ0n) is 9.98. The van der Waals surface area contributed by atoms with E-state index in [9.17, 15) is 9.18 Å². The van der Waals surface area contributed by atoms with E-state index in [-0.39, 0.29) is 30.2 Å². The number of carbonyl (C=O) groups is 1. The van der Waals surface area contributed by atoms with Gasteiger partial charge in [-0.25, -0.2) is 4.39 Å². The minimum Gasteiger partial charge on any atom is -0.348 e.